The van der Waals surface area contributed by atoms with Crippen LogP contribution < -0.4 is 4.74 Å². The molecule has 0 aliphatic heterocycles. The molecule has 0 heterocycles. The zero-order valence-electron chi connectivity index (χ0n) is 15.4. The average Bonchev–Trinajstić information content (AvgIpc) is 2.61. The Bertz CT molecular complexity index is 476. The first-order valence-corrected chi connectivity index (χ1v) is 9.27. The summed E-state index contributed by atoms with van der Waals surface area (Å²) in [6, 6.07) is 7.75. The smallest absolute Gasteiger partial charge is 0.330 e. The van der Waals surface area contributed by atoms with Gasteiger partial charge in [0, 0.05) is 6.08 Å². The van der Waals surface area contributed by atoms with E-state index in [1.54, 1.807) is 6.08 Å². The molecule has 1 aromatic rings. The standard InChI is InChI=1S/C21H32O3/c1-4-7-9-18(6-3)17-24-21(22)15-12-19-10-13-20(14-11-19)23-16-8-5-2/h10-15,18H,4-9,16-17H2,1-3H3/b15-12-/t18-/m0/s1. The fraction of sp³-hybridized carbons (Fsp3) is 0.571. The molecule has 0 aliphatic rings. The second kappa shape index (κ2) is 12.6. The monoisotopic (exact) mass is 332 g/mol. The van der Waals surface area contributed by atoms with Crippen molar-refractivity contribution in [3.8, 4) is 5.75 Å². The third-order valence-corrected chi connectivity index (χ3v) is 4.06. The van der Waals surface area contributed by atoms with E-state index in [0.717, 1.165) is 43.6 Å². The predicted molar refractivity (Wildman–Crippen MR) is 100 cm³/mol. The minimum atomic E-state index is -0.270. The molecule has 0 aliphatic carbocycles. The Morgan fingerprint density at radius 1 is 1.08 bits per heavy atom. The molecular weight excluding hydrogens is 300 g/mol. The normalized spacial score (nSPS) is 12.3. The molecule has 0 aromatic heterocycles. The largest absolute Gasteiger partial charge is 0.494 e. The van der Waals surface area contributed by atoms with Crippen LogP contribution in [-0.4, -0.2) is 19.2 Å². The van der Waals surface area contributed by atoms with Crippen molar-refractivity contribution in [3.05, 3.63) is 35.9 Å². The lowest BCUT2D eigenvalue weighted by atomic mass is 10.0. The van der Waals surface area contributed by atoms with Crippen molar-refractivity contribution in [1.82, 2.24) is 0 Å². The molecule has 0 saturated carbocycles. The van der Waals surface area contributed by atoms with Crippen LogP contribution in [0.5, 0.6) is 5.75 Å². The van der Waals surface area contributed by atoms with Crippen LogP contribution in [0.1, 0.15) is 64.9 Å². The van der Waals surface area contributed by atoms with Crippen LogP contribution >= 0.6 is 0 Å². The lowest BCUT2D eigenvalue weighted by Gasteiger charge is -2.13. The molecule has 0 radical (unpaired) electrons. The van der Waals surface area contributed by atoms with E-state index >= 15 is 0 Å². The summed E-state index contributed by atoms with van der Waals surface area (Å²) in [5, 5.41) is 0. The molecule has 0 saturated heterocycles. The lowest BCUT2D eigenvalue weighted by Crippen LogP contribution is -2.12. The van der Waals surface area contributed by atoms with E-state index in [-0.39, 0.29) is 5.97 Å². The lowest BCUT2D eigenvalue weighted by molar-refractivity contribution is -0.139. The van der Waals surface area contributed by atoms with Gasteiger partial charge in [0.2, 0.25) is 0 Å². The molecule has 1 atom stereocenters. The molecule has 0 spiro atoms. The van der Waals surface area contributed by atoms with Crippen LogP contribution in [0.3, 0.4) is 0 Å². The van der Waals surface area contributed by atoms with Crippen molar-refractivity contribution < 1.29 is 14.3 Å². The predicted octanol–water partition coefficient (Wildman–Crippen LogP) is 5.64. The molecule has 3 heteroatoms. The highest BCUT2D eigenvalue weighted by molar-refractivity contribution is 5.87. The molecule has 0 amide bonds. The summed E-state index contributed by atoms with van der Waals surface area (Å²) >= 11 is 0. The van der Waals surface area contributed by atoms with Crippen LogP contribution in [0.15, 0.2) is 30.3 Å². The summed E-state index contributed by atoms with van der Waals surface area (Å²) in [7, 11) is 0. The van der Waals surface area contributed by atoms with Gasteiger partial charge in [0.05, 0.1) is 13.2 Å². The van der Waals surface area contributed by atoms with E-state index in [1.165, 1.54) is 18.9 Å². The van der Waals surface area contributed by atoms with Crippen molar-refractivity contribution in [2.24, 2.45) is 5.92 Å². The number of unbranched alkanes of at least 4 members (excludes halogenated alkanes) is 2. The number of benzene rings is 1. The highest BCUT2D eigenvalue weighted by atomic mass is 16.5. The van der Waals surface area contributed by atoms with Crippen LogP contribution in [-0.2, 0) is 9.53 Å². The highest BCUT2D eigenvalue weighted by Gasteiger charge is 2.08. The molecule has 1 rings (SSSR count). The Morgan fingerprint density at radius 3 is 2.42 bits per heavy atom. The number of hydrogen-bond acceptors (Lipinski definition) is 3. The summed E-state index contributed by atoms with van der Waals surface area (Å²) in [4.78, 5) is 11.8. The van der Waals surface area contributed by atoms with Crippen LogP contribution in [0, 0.1) is 5.92 Å². The molecule has 0 N–H and O–H groups in total. The van der Waals surface area contributed by atoms with Gasteiger partial charge < -0.3 is 9.47 Å². The quantitative estimate of drug-likeness (QED) is 0.282. The maximum atomic E-state index is 11.8. The highest BCUT2D eigenvalue weighted by Crippen LogP contribution is 2.15. The minimum Gasteiger partial charge on any atom is -0.494 e. The molecule has 0 bridgehead atoms. The first kappa shape index (κ1) is 20.3. The number of hydrogen-bond donors (Lipinski definition) is 0. The third kappa shape index (κ3) is 8.76. The fourth-order valence-corrected chi connectivity index (χ4v) is 2.32. The Balaban J connectivity index is 2.37. The topological polar surface area (TPSA) is 35.5 Å². The van der Waals surface area contributed by atoms with Crippen molar-refractivity contribution in [3.63, 3.8) is 0 Å². The van der Waals surface area contributed by atoms with E-state index < -0.39 is 0 Å². The van der Waals surface area contributed by atoms with Gasteiger partial charge in [0.1, 0.15) is 5.75 Å². The zero-order chi connectivity index (χ0) is 17.6. The van der Waals surface area contributed by atoms with Gasteiger partial charge in [-0.2, -0.15) is 0 Å². The number of ether oxygens (including phenoxy) is 2. The van der Waals surface area contributed by atoms with Gasteiger partial charge in [0.15, 0.2) is 0 Å². The van der Waals surface area contributed by atoms with Crippen molar-refractivity contribution in [1.29, 1.82) is 0 Å². The second-order valence-electron chi connectivity index (χ2n) is 6.15. The van der Waals surface area contributed by atoms with E-state index in [0.29, 0.717) is 12.5 Å². The third-order valence-electron chi connectivity index (χ3n) is 4.06. The number of esters is 1. The maximum Gasteiger partial charge on any atom is 0.330 e. The van der Waals surface area contributed by atoms with E-state index in [9.17, 15) is 4.79 Å². The maximum absolute atomic E-state index is 11.8. The van der Waals surface area contributed by atoms with Crippen LogP contribution in [0.25, 0.3) is 6.08 Å². The van der Waals surface area contributed by atoms with Gasteiger partial charge in [-0.05, 0) is 42.5 Å². The summed E-state index contributed by atoms with van der Waals surface area (Å²) in [5.74, 6) is 1.07. The second-order valence-corrected chi connectivity index (χ2v) is 6.15. The van der Waals surface area contributed by atoms with Crippen molar-refractivity contribution >= 4 is 12.0 Å². The fourth-order valence-electron chi connectivity index (χ4n) is 2.32. The molecular formula is C21H32O3. The molecule has 3 nitrogen and oxygen atoms in total. The minimum absolute atomic E-state index is 0.270. The van der Waals surface area contributed by atoms with E-state index in [1.807, 2.05) is 24.3 Å². The van der Waals surface area contributed by atoms with Crippen molar-refractivity contribution in [2.45, 2.75) is 59.3 Å². The van der Waals surface area contributed by atoms with E-state index in [4.69, 9.17) is 9.47 Å². The van der Waals surface area contributed by atoms with Gasteiger partial charge in [-0.1, -0.05) is 58.6 Å². The number of carbonyl (C=O) groups excluding carboxylic acids is 1. The summed E-state index contributed by atoms with van der Waals surface area (Å²) in [5.41, 5.74) is 0.966. The molecule has 134 valence electrons. The van der Waals surface area contributed by atoms with Gasteiger partial charge >= 0.3 is 5.97 Å². The summed E-state index contributed by atoms with van der Waals surface area (Å²) in [6.07, 6.45) is 10.0. The average molecular weight is 332 g/mol. The van der Waals surface area contributed by atoms with Gasteiger partial charge in [0.25, 0.3) is 0 Å². The molecule has 24 heavy (non-hydrogen) atoms. The Kier molecular flexibility index (Phi) is 10.7. The van der Waals surface area contributed by atoms with Gasteiger partial charge in [-0.3, -0.25) is 0 Å². The Morgan fingerprint density at radius 2 is 1.79 bits per heavy atom. The molecule has 1 aromatic carbocycles. The zero-order valence-corrected chi connectivity index (χ0v) is 15.4. The SMILES string of the molecule is CCCCOc1ccc(/C=C\C(=O)OC[C@@H](CC)CCCC)cc1. The molecule has 0 fully saturated rings. The number of carbonyl (C=O) groups is 1. The number of rotatable bonds is 12. The summed E-state index contributed by atoms with van der Waals surface area (Å²) in [6.45, 7) is 7.73. The van der Waals surface area contributed by atoms with Crippen LogP contribution in [0.4, 0.5) is 0 Å². The van der Waals surface area contributed by atoms with Crippen LogP contribution in [0.2, 0.25) is 0 Å². The Hall–Kier alpha value is -1.77. The Labute approximate surface area is 147 Å². The van der Waals surface area contributed by atoms with Gasteiger partial charge in [-0.15, -0.1) is 0 Å². The molecule has 0 unspecified atom stereocenters. The van der Waals surface area contributed by atoms with E-state index in [2.05, 4.69) is 20.8 Å². The summed E-state index contributed by atoms with van der Waals surface area (Å²) < 4.78 is 11.0. The van der Waals surface area contributed by atoms with Crippen molar-refractivity contribution in [2.75, 3.05) is 13.2 Å². The van der Waals surface area contributed by atoms with Gasteiger partial charge in [-0.25, -0.2) is 4.79 Å². The first-order chi connectivity index (χ1) is 11.7. The first-order valence-electron chi connectivity index (χ1n) is 9.27.